The topological polar surface area (TPSA) is 75.3 Å². The molecule has 2 rings (SSSR count). The lowest BCUT2D eigenvalue weighted by Gasteiger charge is -2.10. The highest BCUT2D eigenvalue weighted by Gasteiger charge is 2.11. The molecule has 2 aromatic carbocycles. The van der Waals surface area contributed by atoms with Gasteiger partial charge in [-0.2, -0.15) is 0 Å². The van der Waals surface area contributed by atoms with E-state index in [1.165, 1.54) is 30.3 Å². The van der Waals surface area contributed by atoms with E-state index in [9.17, 15) is 14.3 Å². The van der Waals surface area contributed by atoms with Gasteiger partial charge in [-0.3, -0.25) is 4.79 Å². The van der Waals surface area contributed by atoms with Crippen LogP contribution >= 0.6 is 12.2 Å². The van der Waals surface area contributed by atoms with Gasteiger partial charge in [-0.1, -0.05) is 24.4 Å². The molecule has 4 N–H and O–H groups in total. The summed E-state index contributed by atoms with van der Waals surface area (Å²) in [6.45, 7) is 0. The second-order valence-electron chi connectivity index (χ2n) is 4.45. The minimum absolute atomic E-state index is 0.00200. The maximum Gasteiger partial charge on any atom is 0.228 e. The van der Waals surface area contributed by atoms with Crippen molar-refractivity contribution < 1.29 is 14.3 Å². The summed E-state index contributed by atoms with van der Waals surface area (Å²) in [5.74, 6) is -0.709. The maximum atomic E-state index is 13.2. The van der Waals surface area contributed by atoms with Gasteiger partial charge in [0, 0.05) is 5.56 Å². The molecule has 0 aliphatic carbocycles. The zero-order valence-corrected chi connectivity index (χ0v) is 11.8. The van der Waals surface area contributed by atoms with E-state index in [-0.39, 0.29) is 28.6 Å². The Kier molecular flexibility index (Phi) is 4.49. The van der Waals surface area contributed by atoms with Crippen LogP contribution in [0.2, 0.25) is 0 Å². The largest absolute Gasteiger partial charge is 0.508 e. The highest BCUT2D eigenvalue weighted by atomic mass is 32.1. The number of thiocarbonyl (C=S) groups is 1. The van der Waals surface area contributed by atoms with E-state index >= 15 is 0 Å². The first-order valence-corrected chi connectivity index (χ1v) is 6.53. The number of anilines is 1. The van der Waals surface area contributed by atoms with Gasteiger partial charge in [0.2, 0.25) is 5.91 Å². The predicted octanol–water partition coefficient (Wildman–Crippen LogP) is 2.35. The van der Waals surface area contributed by atoms with Gasteiger partial charge in [0.1, 0.15) is 16.6 Å². The van der Waals surface area contributed by atoms with Crippen LogP contribution in [-0.4, -0.2) is 16.0 Å². The number of hydrogen-bond acceptors (Lipinski definition) is 3. The van der Waals surface area contributed by atoms with Gasteiger partial charge >= 0.3 is 0 Å². The van der Waals surface area contributed by atoms with Crippen molar-refractivity contribution in [2.75, 3.05) is 5.32 Å². The first kappa shape index (κ1) is 14.9. The quantitative estimate of drug-likeness (QED) is 0.758. The summed E-state index contributed by atoms with van der Waals surface area (Å²) in [5, 5.41) is 12.0. The van der Waals surface area contributed by atoms with Crippen molar-refractivity contribution in [1.82, 2.24) is 0 Å². The number of amides is 1. The number of nitrogens with one attached hydrogen (secondary N) is 1. The minimum Gasteiger partial charge on any atom is -0.508 e. The number of rotatable bonds is 4. The summed E-state index contributed by atoms with van der Waals surface area (Å²) in [7, 11) is 0. The van der Waals surface area contributed by atoms with Gasteiger partial charge in [-0.25, -0.2) is 4.39 Å². The van der Waals surface area contributed by atoms with Crippen molar-refractivity contribution in [3.8, 4) is 5.75 Å². The van der Waals surface area contributed by atoms with Crippen molar-refractivity contribution in [3.63, 3.8) is 0 Å². The van der Waals surface area contributed by atoms with E-state index in [4.69, 9.17) is 18.0 Å². The molecule has 4 nitrogen and oxygen atoms in total. The fourth-order valence-electron chi connectivity index (χ4n) is 1.88. The molecule has 0 unspecified atom stereocenters. The summed E-state index contributed by atoms with van der Waals surface area (Å²) in [4.78, 5) is 12.0. The molecule has 0 radical (unpaired) electrons. The van der Waals surface area contributed by atoms with E-state index in [0.29, 0.717) is 11.3 Å². The Labute approximate surface area is 126 Å². The first-order chi connectivity index (χ1) is 9.95. The molecule has 0 aliphatic heterocycles. The molecule has 21 heavy (non-hydrogen) atoms. The van der Waals surface area contributed by atoms with Crippen LogP contribution in [0.15, 0.2) is 42.5 Å². The second-order valence-corrected chi connectivity index (χ2v) is 4.89. The fraction of sp³-hybridized carbons (Fsp3) is 0.0667. The van der Waals surface area contributed by atoms with Crippen LogP contribution in [-0.2, 0) is 11.2 Å². The van der Waals surface area contributed by atoms with Crippen LogP contribution in [0.4, 0.5) is 10.1 Å². The molecule has 0 heterocycles. The molecule has 0 bridgehead atoms. The maximum absolute atomic E-state index is 13.2. The third-order valence-electron chi connectivity index (χ3n) is 2.80. The molecule has 0 saturated carbocycles. The Morgan fingerprint density at radius 2 is 2.05 bits per heavy atom. The van der Waals surface area contributed by atoms with E-state index in [1.807, 2.05) is 0 Å². The fourth-order valence-corrected chi connectivity index (χ4v) is 2.04. The number of halogens is 1. The number of aromatic hydroxyl groups is 1. The zero-order valence-electron chi connectivity index (χ0n) is 11.0. The van der Waals surface area contributed by atoms with E-state index in [1.54, 1.807) is 12.1 Å². The zero-order chi connectivity index (χ0) is 15.4. The summed E-state index contributed by atoms with van der Waals surface area (Å²) in [6.07, 6.45) is 0.0720. The Hall–Kier alpha value is -2.47. The van der Waals surface area contributed by atoms with Crippen molar-refractivity contribution in [2.45, 2.75) is 6.42 Å². The summed E-state index contributed by atoms with van der Waals surface area (Å²) < 4.78 is 13.2. The highest BCUT2D eigenvalue weighted by molar-refractivity contribution is 7.80. The molecule has 0 aromatic heterocycles. The molecule has 108 valence electrons. The second kappa shape index (κ2) is 6.32. The van der Waals surface area contributed by atoms with Crippen LogP contribution in [0.5, 0.6) is 5.75 Å². The Bertz CT molecular complexity index is 704. The predicted molar refractivity (Wildman–Crippen MR) is 82.7 cm³/mol. The van der Waals surface area contributed by atoms with Crippen LogP contribution in [0, 0.1) is 5.82 Å². The molecule has 2 aromatic rings. The average molecular weight is 304 g/mol. The van der Waals surface area contributed by atoms with Gasteiger partial charge in [-0.15, -0.1) is 0 Å². The third-order valence-corrected chi connectivity index (χ3v) is 3.02. The van der Waals surface area contributed by atoms with E-state index in [2.05, 4.69) is 5.32 Å². The lowest BCUT2D eigenvalue weighted by molar-refractivity contribution is -0.115. The Morgan fingerprint density at radius 3 is 2.71 bits per heavy atom. The van der Waals surface area contributed by atoms with Gasteiger partial charge in [0.25, 0.3) is 0 Å². The monoisotopic (exact) mass is 304 g/mol. The molecular formula is C15H13FN2O2S. The number of phenolic OH excluding ortho intramolecular Hbond substituents is 1. The number of nitrogens with two attached hydrogens (primary N) is 1. The third kappa shape index (κ3) is 4.00. The molecule has 6 heteroatoms. The van der Waals surface area contributed by atoms with Crippen molar-refractivity contribution >= 4 is 28.8 Å². The van der Waals surface area contributed by atoms with Crippen LogP contribution < -0.4 is 11.1 Å². The lowest BCUT2D eigenvalue weighted by Crippen LogP contribution is -2.19. The Balaban J connectivity index is 2.15. The van der Waals surface area contributed by atoms with E-state index in [0.717, 1.165) is 0 Å². The minimum atomic E-state index is -0.483. The molecule has 0 saturated heterocycles. The normalized spacial score (nSPS) is 10.1. The standard InChI is InChI=1S/C15H13FN2O2S/c16-10-4-5-13(12(8-10)15(17)21)18-14(20)7-9-2-1-3-11(19)6-9/h1-6,8,19H,7H2,(H2,17,21)(H,18,20). The van der Waals surface area contributed by atoms with Crippen molar-refractivity contribution in [3.05, 3.63) is 59.4 Å². The number of carbonyl (C=O) groups is 1. The van der Waals surface area contributed by atoms with Crippen LogP contribution in [0.3, 0.4) is 0 Å². The molecule has 0 aliphatic rings. The number of hydrogen-bond donors (Lipinski definition) is 3. The number of carbonyl (C=O) groups excluding carboxylic acids is 1. The first-order valence-electron chi connectivity index (χ1n) is 6.13. The smallest absolute Gasteiger partial charge is 0.228 e. The summed E-state index contributed by atoms with van der Waals surface area (Å²) >= 11 is 4.84. The van der Waals surface area contributed by atoms with Gasteiger partial charge < -0.3 is 16.2 Å². The summed E-state index contributed by atoms with van der Waals surface area (Å²) in [5.41, 5.74) is 6.80. The molecule has 0 spiro atoms. The molecule has 0 atom stereocenters. The van der Waals surface area contributed by atoms with E-state index < -0.39 is 5.82 Å². The van der Waals surface area contributed by atoms with Gasteiger partial charge in [0.05, 0.1) is 12.1 Å². The van der Waals surface area contributed by atoms with Gasteiger partial charge in [-0.05, 0) is 35.9 Å². The Morgan fingerprint density at radius 1 is 1.29 bits per heavy atom. The lowest BCUT2D eigenvalue weighted by atomic mass is 10.1. The molecular weight excluding hydrogens is 291 g/mol. The highest BCUT2D eigenvalue weighted by Crippen LogP contribution is 2.18. The molecule has 0 fully saturated rings. The van der Waals surface area contributed by atoms with Crippen LogP contribution in [0.25, 0.3) is 0 Å². The SMILES string of the molecule is NC(=S)c1cc(F)ccc1NC(=O)Cc1cccc(O)c1. The summed E-state index contributed by atoms with van der Waals surface area (Å²) in [6, 6.07) is 10.2. The van der Waals surface area contributed by atoms with Crippen molar-refractivity contribution in [1.29, 1.82) is 0 Å². The van der Waals surface area contributed by atoms with Crippen LogP contribution in [0.1, 0.15) is 11.1 Å². The van der Waals surface area contributed by atoms with Gasteiger partial charge in [0.15, 0.2) is 0 Å². The molecule has 1 amide bonds. The average Bonchev–Trinajstić information content (AvgIpc) is 2.40. The number of benzene rings is 2. The van der Waals surface area contributed by atoms with Crippen molar-refractivity contribution in [2.24, 2.45) is 5.73 Å². The number of phenols is 1.